The molecule has 1 saturated heterocycles. The standard InChI is InChI=1S/C17H15BrN2O6S/c1-3-4-20-16(24)10(15(23)19-17(20)27)5-9-6-11(18)14(12(7-9)25-2)26-8-13(21)22/h3,5-7H,1,4,8H2,2H3,(H,21,22)(H,19,23,27)/b10-5-. The maximum absolute atomic E-state index is 12.6. The fourth-order valence-electron chi connectivity index (χ4n) is 2.25. The molecule has 1 aliphatic heterocycles. The van der Waals surface area contributed by atoms with Crippen LogP contribution in [0.25, 0.3) is 6.08 Å². The average Bonchev–Trinajstić information content (AvgIpc) is 2.60. The van der Waals surface area contributed by atoms with E-state index in [0.29, 0.717) is 10.0 Å². The molecule has 2 N–H and O–H groups in total. The summed E-state index contributed by atoms with van der Waals surface area (Å²) in [6, 6.07) is 3.08. The topological polar surface area (TPSA) is 105 Å². The predicted octanol–water partition coefficient (Wildman–Crippen LogP) is 1.73. The molecule has 2 rings (SSSR count). The van der Waals surface area contributed by atoms with E-state index in [9.17, 15) is 14.4 Å². The van der Waals surface area contributed by atoms with E-state index < -0.39 is 24.4 Å². The number of ether oxygens (including phenoxy) is 2. The van der Waals surface area contributed by atoms with Crippen molar-refractivity contribution in [3.05, 3.63) is 40.4 Å². The molecule has 8 nitrogen and oxygen atoms in total. The first-order valence-corrected chi connectivity index (χ1v) is 8.70. The highest BCUT2D eigenvalue weighted by Gasteiger charge is 2.32. The summed E-state index contributed by atoms with van der Waals surface area (Å²) in [4.78, 5) is 36.6. The van der Waals surface area contributed by atoms with Gasteiger partial charge in [-0.05, 0) is 51.9 Å². The third-order valence-electron chi connectivity index (χ3n) is 3.40. The molecule has 142 valence electrons. The zero-order valence-corrected chi connectivity index (χ0v) is 16.6. The summed E-state index contributed by atoms with van der Waals surface area (Å²) in [5.41, 5.74) is 0.352. The van der Waals surface area contributed by atoms with Crippen molar-refractivity contribution in [1.82, 2.24) is 10.2 Å². The first-order valence-electron chi connectivity index (χ1n) is 7.50. The molecule has 1 aliphatic rings. The number of amides is 2. The predicted molar refractivity (Wildman–Crippen MR) is 104 cm³/mol. The molecule has 0 atom stereocenters. The SMILES string of the molecule is C=CCN1C(=O)/C(=C\c2cc(Br)c(OCC(=O)O)c(OC)c2)C(=O)NC1=S. The van der Waals surface area contributed by atoms with E-state index in [1.807, 2.05) is 0 Å². The summed E-state index contributed by atoms with van der Waals surface area (Å²) >= 11 is 8.27. The number of methoxy groups -OCH3 is 1. The van der Waals surface area contributed by atoms with E-state index in [4.69, 9.17) is 26.8 Å². The van der Waals surface area contributed by atoms with Gasteiger partial charge in [-0.15, -0.1) is 6.58 Å². The number of carboxylic acid groups (broad SMARTS) is 1. The Labute approximate surface area is 168 Å². The van der Waals surface area contributed by atoms with Crippen LogP contribution in [0.1, 0.15) is 5.56 Å². The number of carboxylic acids is 1. The summed E-state index contributed by atoms with van der Waals surface area (Å²) in [5.74, 6) is -1.88. The van der Waals surface area contributed by atoms with Crippen LogP contribution in [0.5, 0.6) is 11.5 Å². The Kier molecular flexibility index (Phi) is 6.70. The molecule has 0 spiro atoms. The summed E-state index contributed by atoms with van der Waals surface area (Å²) in [6.07, 6.45) is 2.87. The van der Waals surface area contributed by atoms with Crippen molar-refractivity contribution >= 4 is 57.1 Å². The second-order valence-corrected chi connectivity index (χ2v) is 6.48. The molecule has 27 heavy (non-hydrogen) atoms. The Bertz CT molecular complexity index is 867. The fourth-order valence-corrected chi connectivity index (χ4v) is 3.08. The molecule has 1 aromatic carbocycles. The molecule has 0 bridgehead atoms. The highest BCUT2D eigenvalue weighted by atomic mass is 79.9. The summed E-state index contributed by atoms with van der Waals surface area (Å²) < 4.78 is 10.8. The Morgan fingerprint density at radius 2 is 2.15 bits per heavy atom. The lowest BCUT2D eigenvalue weighted by molar-refractivity contribution is -0.139. The number of hydrogen-bond acceptors (Lipinski definition) is 6. The molecule has 0 saturated carbocycles. The number of rotatable bonds is 7. The van der Waals surface area contributed by atoms with Crippen LogP contribution in [0.2, 0.25) is 0 Å². The van der Waals surface area contributed by atoms with Crippen LogP contribution in [-0.2, 0) is 14.4 Å². The Hall–Kier alpha value is -2.72. The number of thiocarbonyl (C=S) groups is 1. The zero-order valence-electron chi connectivity index (χ0n) is 14.2. The maximum Gasteiger partial charge on any atom is 0.341 e. The third kappa shape index (κ3) is 4.72. The summed E-state index contributed by atoms with van der Waals surface area (Å²) in [5, 5.41) is 11.2. The van der Waals surface area contributed by atoms with Gasteiger partial charge in [0.05, 0.1) is 11.6 Å². The molecular weight excluding hydrogens is 440 g/mol. The van der Waals surface area contributed by atoms with Gasteiger partial charge >= 0.3 is 5.97 Å². The van der Waals surface area contributed by atoms with E-state index >= 15 is 0 Å². The molecule has 1 fully saturated rings. The molecule has 0 unspecified atom stereocenters. The molecular formula is C17H15BrN2O6S. The quantitative estimate of drug-likeness (QED) is 0.279. The number of hydrogen-bond donors (Lipinski definition) is 2. The van der Waals surface area contributed by atoms with Crippen molar-refractivity contribution in [3.63, 3.8) is 0 Å². The molecule has 2 amide bonds. The van der Waals surface area contributed by atoms with E-state index in [1.165, 1.54) is 30.2 Å². The van der Waals surface area contributed by atoms with Gasteiger partial charge < -0.3 is 14.6 Å². The first-order chi connectivity index (χ1) is 12.8. The minimum atomic E-state index is -1.14. The van der Waals surface area contributed by atoms with Crippen LogP contribution < -0.4 is 14.8 Å². The summed E-state index contributed by atoms with van der Waals surface area (Å²) in [6.45, 7) is 3.17. The van der Waals surface area contributed by atoms with Gasteiger partial charge in [-0.2, -0.15) is 0 Å². The van der Waals surface area contributed by atoms with Crippen LogP contribution in [-0.4, -0.2) is 53.2 Å². The second kappa shape index (κ2) is 8.78. The lowest BCUT2D eigenvalue weighted by Crippen LogP contribution is -2.53. The molecule has 1 aromatic rings. The third-order valence-corrected chi connectivity index (χ3v) is 4.31. The van der Waals surface area contributed by atoms with E-state index in [2.05, 4.69) is 27.8 Å². The van der Waals surface area contributed by atoms with Gasteiger partial charge in [0.2, 0.25) is 0 Å². The smallest absolute Gasteiger partial charge is 0.341 e. The van der Waals surface area contributed by atoms with E-state index in [-0.39, 0.29) is 28.7 Å². The number of carbonyl (C=O) groups excluding carboxylic acids is 2. The Balaban J connectivity index is 2.42. The summed E-state index contributed by atoms with van der Waals surface area (Å²) in [7, 11) is 1.38. The monoisotopic (exact) mass is 454 g/mol. The number of nitrogens with zero attached hydrogens (tertiary/aromatic N) is 1. The van der Waals surface area contributed by atoms with Crippen LogP contribution in [0.4, 0.5) is 0 Å². The van der Waals surface area contributed by atoms with Crippen molar-refractivity contribution < 1.29 is 29.0 Å². The Morgan fingerprint density at radius 3 is 2.74 bits per heavy atom. The largest absolute Gasteiger partial charge is 0.493 e. The molecule has 10 heteroatoms. The van der Waals surface area contributed by atoms with Crippen molar-refractivity contribution in [3.8, 4) is 11.5 Å². The van der Waals surface area contributed by atoms with Crippen LogP contribution in [0.15, 0.2) is 34.8 Å². The lowest BCUT2D eigenvalue weighted by Gasteiger charge is -2.27. The maximum atomic E-state index is 12.6. The molecule has 1 heterocycles. The number of carbonyl (C=O) groups is 3. The average molecular weight is 455 g/mol. The van der Waals surface area contributed by atoms with Gasteiger partial charge in [0, 0.05) is 6.54 Å². The Morgan fingerprint density at radius 1 is 1.44 bits per heavy atom. The number of benzene rings is 1. The second-order valence-electron chi connectivity index (χ2n) is 5.24. The number of halogens is 1. The lowest BCUT2D eigenvalue weighted by atomic mass is 10.1. The first kappa shape index (κ1) is 20.6. The molecule has 0 aliphatic carbocycles. The van der Waals surface area contributed by atoms with Crippen molar-refractivity contribution in [2.75, 3.05) is 20.3 Å². The van der Waals surface area contributed by atoms with Gasteiger partial charge in [0.15, 0.2) is 23.2 Å². The van der Waals surface area contributed by atoms with E-state index in [1.54, 1.807) is 6.07 Å². The van der Waals surface area contributed by atoms with Crippen molar-refractivity contribution in [1.29, 1.82) is 0 Å². The fraction of sp³-hybridized carbons (Fsp3) is 0.176. The highest BCUT2D eigenvalue weighted by Crippen LogP contribution is 2.37. The molecule has 0 aromatic heterocycles. The molecule has 0 radical (unpaired) electrons. The van der Waals surface area contributed by atoms with Crippen LogP contribution in [0, 0.1) is 0 Å². The van der Waals surface area contributed by atoms with Gasteiger partial charge in [-0.25, -0.2) is 4.79 Å². The minimum Gasteiger partial charge on any atom is -0.493 e. The minimum absolute atomic E-state index is 0.0122. The van der Waals surface area contributed by atoms with Gasteiger partial charge in [-0.1, -0.05) is 6.08 Å². The van der Waals surface area contributed by atoms with Gasteiger partial charge in [0.1, 0.15) is 5.57 Å². The van der Waals surface area contributed by atoms with Crippen molar-refractivity contribution in [2.45, 2.75) is 0 Å². The number of nitrogens with one attached hydrogen (secondary N) is 1. The number of aliphatic carboxylic acids is 1. The zero-order chi connectivity index (χ0) is 20.1. The highest BCUT2D eigenvalue weighted by molar-refractivity contribution is 9.10. The normalized spacial score (nSPS) is 15.6. The van der Waals surface area contributed by atoms with Crippen LogP contribution in [0.3, 0.4) is 0 Å². The van der Waals surface area contributed by atoms with E-state index in [0.717, 1.165) is 0 Å². The van der Waals surface area contributed by atoms with Crippen molar-refractivity contribution in [2.24, 2.45) is 0 Å². The van der Waals surface area contributed by atoms with Crippen LogP contribution >= 0.6 is 28.1 Å². The van der Waals surface area contributed by atoms with Gasteiger partial charge in [0.25, 0.3) is 11.8 Å². The van der Waals surface area contributed by atoms with Gasteiger partial charge in [-0.3, -0.25) is 19.8 Å².